The standard InChI is InChI=1S/C33H40O3Si/c1-32(2,3)28-11-10-27(25-8-6-24-16-26(31(34)35)9-7-23(24)15-25)30(36-37(4)5)29(28)33-17-20-12-21(18-33)14-22(13-20)19-33/h6-11,15-16,20-22,37H,12-14,17-19H2,1-5H3,(H,34,35). The number of carbonyl (C=O) groups is 1. The number of aromatic carboxylic acids is 1. The minimum atomic E-state index is -1.38. The fourth-order valence-electron chi connectivity index (χ4n) is 8.28. The maximum absolute atomic E-state index is 11.5. The van der Waals surface area contributed by atoms with Crippen molar-refractivity contribution in [2.24, 2.45) is 17.8 Å². The van der Waals surface area contributed by atoms with Gasteiger partial charge in [-0.15, -0.1) is 0 Å². The van der Waals surface area contributed by atoms with Gasteiger partial charge in [0.1, 0.15) is 5.75 Å². The highest BCUT2D eigenvalue weighted by molar-refractivity contribution is 6.49. The van der Waals surface area contributed by atoms with Crippen LogP contribution >= 0.6 is 0 Å². The molecule has 0 amide bonds. The van der Waals surface area contributed by atoms with E-state index in [-0.39, 0.29) is 10.8 Å². The number of benzene rings is 3. The Morgan fingerprint density at radius 2 is 1.49 bits per heavy atom. The van der Waals surface area contributed by atoms with Gasteiger partial charge >= 0.3 is 5.97 Å². The molecule has 4 heteroatoms. The highest BCUT2D eigenvalue weighted by Crippen LogP contribution is 2.63. The Balaban J connectivity index is 1.57. The van der Waals surface area contributed by atoms with Crippen molar-refractivity contribution in [2.75, 3.05) is 0 Å². The van der Waals surface area contributed by atoms with E-state index in [0.29, 0.717) is 5.56 Å². The molecule has 0 radical (unpaired) electrons. The minimum Gasteiger partial charge on any atom is -0.546 e. The van der Waals surface area contributed by atoms with Crippen molar-refractivity contribution in [3.63, 3.8) is 0 Å². The van der Waals surface area contributed by atoms with Gasteiger partial charge < -0.3 is 9.53 Å². The Morgan fingerprint density at radius 1 is 0.892 bits per heavy atom. The summed E-state index contributed by atoms with van der Waals surface area (Å²) >= 11 is 0. The first-order chi connectivity index (χ1) is 17.5. The van der Waals surface area contributed by atoms with E-state index in [1.165, 1.54) is 55.2 Å². The molecule has 4 aliphatic rings. The van der Waals surface area contributed by atoms with E-state index in [1.54, 1.807) is 12.1 Å². The summed E-state index contributed by atoms with van der Waals surface area (Å²) in [6.07, 6.45) is 8.25. The molecule has 0 atom stereocenters. The molecule has 4 bridgehead atoms. The zero-order chi connectivity index (χ0) is 26.1. The maximum atomic E-state index is 11.5. The molecule has 1 N–H and O–H groups in total. The first-order valence-electron chi connectivity index (χ1n) is 14.1. The molecule has 0 saturated heterocycles. The Kier molecular flexibility index (Phi) is 5.83. The van der Waals surface area contributed by atoms with Crippen LogP contribution in [0.2, 0.25) is 13.1 Å². The Hall–Kier alpha value is -2.59. The van der Waals surface area contributed by atoms with Gasteiger partial charge in [0.05, 0.1) is 5.56 Å². The van der Waals surface area contributed by atoms with Gasteiger partial charge in [-0.05, 0) is 115 Å². The molecule has 0 unspecified atom stereocenters. The number of carboxylic acids is 1. The van der Waals surface area contributed by atoms with Crippen molar-refractivity contribution in [1.29, 1.82) is 0 Å². The van der Waals surface area contributed by atoms with Gasteiger partial charge in [-0.1, -0.05) is 51.1 Å². The fraction of sp³-hybridized carbons (Fsp3) is 0.485. The predicted molar refractivity (Wildman–Crippen MR) is 154 cm³/mol. The smallest absolute Gasteiger partial charge is 0.335 e. The molecule has 3 aromatic rings. The van der Waals surface area contributed by atoms with Crippen LogP contribution in [-0.4, -0.2) is 20.1 Å². The largest absolute Gasteiger partial charge is 0.546 e. The number of hydrogen-bond donors (Lipinski definition) is 1. The van der Waals surface area contributed by atoms with Crippen molar-refractivity contribution in [1.82, 2.24) is 0 Å². The highest BCUT2D eigenvalue weighted by atomic mass is 28.3. The molecule has 0 aliphatic heterocycles. The summed E-state index contributed by atoms with van der Waals surface area (Å²) in [4.78, 5) is 11.5. The lowest BCUT2D eigenvalue weighted by Gasteiger charge is -2.58. The van der Waals surface area contributed by atoms with Crippen molar-refractivity contribution in [3.05, 3.63) is 65.2 Å². The summed E-state index contributed by atoms with van der Waals surface area (Å²) in [5, 5.41) is 11.4. The molecule has 4 aliphatic carbocycles. The quantitative estimate of drug-likeness (QED) is 0.350. The van der Waals surface area contributed by atoms with Crippen LogP contribution in [0.3, 0.4) is 0 Å². The lowest BCUT2D eigenvalue weighted by molar-refractivity contribution is -0.00655. The Morgan fingerprint density at radius 3 is 2.05 bits per heavy atom. The summed E-state index contributed by atoms with van der Waals surface area (Å²) in [5.41, 5.74) is 5.96. The van der Waals surface area contributed by atoms with Crippen LogP contribution in [-0.2, 0) is 10.8 Å². The van der Waals surface area contributed by atoms with E-state index in [1.807, 2.05) is 6.07 Å². The molecule has 7 rings (SSSR count). The first kappa shape index (κ1) is 24.7. The van der Waals surface area contributed by atoms with E-state index in [4.69, 9.17) is 4.43 Å². The first-order valence-corrected chi connectivity index (χ1v) is 16.9. The summed E-state index contributed by atoms with van der Waals surface area (Å²) in [5.74, 6) is 2.88. The van der Waals surface area contributed by atoms with Crippen LogP contribution in [0.5, 0.6) is 5.75 Å². The second-order valence-electron chi connectivity index (χ2n) is 13.6. The molecular formula is C33H40O3Si. The third kappa shape index (κ3) is 4.31. The summed E-state index contributed by atoms with van der Waals surface area (Å²) in [6.45, 7) is 11.6. The average molecular weight is 513 g/mol. The third-order valence-electron chi connectivity index (χ3n) is 9.29. The van der Waals surface area contributed by atoms with Crippen molar-refractivity contribution in [3.8, 4) is 16.9 Å². The maximum Gasteiger partial charge on any atom is 0.335 e. The molecule has 0 heterocycles. The van der Waals surface area contributed by atoms with Crippen molar-refractivity contribution < 1.29 is 14.3 Å². The third-order valence-corrected chi connectivity index (χ3v) is 9.99. The van der Waals surface area contributed by atoms with E-state index in [9.17, 15) is 9.90 Å². The van der Waals surface area contributed by atoms with Gasteiger partial charge in [-0.2, -0.15) is 0 Å². The molecule has 37 heavy (non-hydrogen) atoms. The van der Waals surface area contributed by atoms with Crippen molar-refractivity contribution >= 4 is 25.8 Å². The van der Waals surface area contributed by atoms with Crippen LogP contribution < -0.4 is 4.43 Å². The summed E-state index contributed by atoms with van der Waals surface area (Å²) in [7, 11) is -1.38. The topological polar surface area (TPSA) is 46.5 Å². The lowest BCUT2D eigenvalue weighted by Crippen LogP contribution is -2.49. The van der Waals surface area contributed by atoms with Gasteiger partial charge in [-0.3, -0.25) is 0 Å². The second-order valence-corrected chi connectivity index (χ2v) is 15.9. The zero-order valence-corrected chi connectivity index (χ0v) is 24.1. The van der Waals surface area contributed by atoms with E-state index < -0.39 is 15.0 Å². The average Bonchev–Trinajstić information content (AvgIpc) is 2.81. The minimum absolute atomic E-state index is 0.0461. The van der Waals surface area contributed by atoms with Crippen LogP contribution in [0, 0.1) is 17.8 Å². The molecule has 3 aromatic carbocycles. The van der Waals surface area contributed by atoms with E-state index in [0.717, 1.165) is 39.8 Å². The van der Waals surface area contributed by atoms with E-state index in [2.05, 4.69) is 64.2 Å². The SMILES string of the molecule is C[SiH](C)Oc1c(-c2ccc3cc(C(=O)O)ccc3c2)ccc(C(C)(C)C)c1C12CC3CC(CC(C3)C1)C2. The second kappa shape index (κ2) is 8.73. The van der Waals surface area contributed by atoms with Gasteiger partial charge in [0.15, 0.2) is 0 Å². The summed E-state index contributed by atoms with van der Waals surface area (Å²) < 4.78 is 6.98. The monoisotopic (exact) mass is 512 g/mol. The van der Waals surface area contributed by atoms with Crippen molar-refractivity contribution in [2.45, 2.75) is 83.2 Å². The van der Waals surface area contributed by atoms with Crippen LogP contribution in [0.4, 0.5) is 0 Å². The van der Waals surface area contributed by atoms with E-state index >= 15 is 0 Å². The lowest BCUT2D eigenvalue weighted by atomic mass is 9.47. The van der Waals surface area contributed by atoms with Gasteiger partial charge in [0, 0.05) is 16.5 Å². The van der Waals surface area contributed by atoms with Gasteiger partial charge in [0.25, 0.3) is 0 Å². The fourth-order valence-corrected chi connectivity index (χ4v) is 9.00. The van der Waals surface area contributed by atoms with Crippen LogP contribution in [0.15, 0.2) is 48.5 Å². The molecule has 4 saturated carbocycles. The molecule has 0 aromatic heterocycles. The number of carboxylic acid groups (broad SMARTS) is 1. The molecule has 3 nitrogen and oxygen atoms in total. The normalized spacial score (nSPS) is 26.7. The highest BCUT2D eigenvalue weighted by Gasteiger charge is 2.54. The predicted octanol–water partition coefficient (Wildman–Crippen LogP) is 8.33. The number of fused-ring (bicyclic) bond motifs is 1. The van der Waals surface area contributed by atoms with Gasteiger partial charge in [-0.25, -0.2) is 4.79 Å². The molecule has 194 valence electrons. The Labute approximate surface area is 223 Å². The van der Waals surface area contributed by atoms with Crippen LogP contribution in [0.25, 0.3) is 21.9 Å². The zero-order valence-electron chi connectivity index (χ0n) is 22.9. The van der Waals surface area contributed by atoms with Crippen LogP contribution in [0.1, 0.15) is 80.8 Å². The molecule has 0 spiro atoms. The molecule has 4 fully saturated rings. The Bertz CT molecular complexity index is 1350. The molecular weight excluding hydrogens is 472 g/mol. The summed E-state index contributed by atoms with van der Waals surface area (Å²) in [6, 6.07) is 16.5. The number of hydrogen-bond acceptors (Lipinski definition) is 2. The van der Waals surface area contributed by atoms with Gasteiger partial charge in [0.2, 0.25) is 9.04 Å². The number of rotatable bonds is 5.